The van der Waals surface area contributed by atoms with Crippen molar-refractivity contribution in [1.82, 2.24) is 5.32 Å². The number of rotatable bonds is 34. The van der Waals surface area contributed by atoms with Gasteiger partial charge < -0.3 is 15.5 Å². The molecule has 0 spiro atoms. The summed E-state index contributed by atoms with van der Waals surface area (Å²) < 4.78 is 0. The van der Waals surface area contributed by atoms with Gasteiger partial charge >= 0.3 is 0 Å². The third-order valence-electron chi connectivity index (χ3n) is 8.02. The fraction of sp³-hybridized carbons (Fsp3) is 1.00. The van der Waals surface area contributed by atoms with Crippen molar-refractivity contribution in [3.63, 3.8) is 0 Å². The summed E-state index contributed by atoms with van der Waals surface area (Å²) in [5.74, 6) is 0. The van der Waals surface area contributed by atoms with Crippen LogP contribution in [0.25, 0.3) is 0 Å². The molecule has 3 heteroatoms. The predicted molar refractivity (Wildman–Crippen MR) is 166 cm³/mol. The standard InChI is InChI=1S/C34H71NO2/c36-33-29-25-21-17-13-9-5-1-3-7-11-15-19-23-27-31-35-32-28-24-20-16-12-8-4-2-6-10-14-18-22-26-30-34-37/h35-37H,1-34H2. The molecule has 0 unspecified atom stereocenters. The van der Waals surface area contributed by atoms with Crippen LogP contribution in [0.15, 0.2) is 0 Å². The van der Waals surface area contributed by atoms with E-state index in [1.165, 1.54) is 193 Å². The van der Waals surface area contributed by atoms with Gasteiger partial charge in [0.25, 0.3) is 0 Å². The molecule has 37 heavy (non-hydrogen) atoms. The Bertz CT molecular complexity index is 343. The second-order valence-electron chi connectivity index (χ2n) is 11.8. The molecule has 0 aliphatic carbocycles. The number of aliphatic hydroxyl groups is 2. The molecule has 0 saturated carbocycles. The lowest BCUT2D eigenvalue weighted by Crippen LogP contribution is -2.16. The third kappa shape index (κ3) is 35.9. The van der Waals surface area contributed by atoms with Crippen LogP contribution in [0.2, 0.25) is 0 Å². The average Bonchev–Trinajstić information content (AvgIpc) is 2.91. The van der Waals surface area contributed by atoms with Crippen LogP contribution >= 0.6 is 0 Å². The van der Waals surface area contributed by atoms with Gasteiger partial charge in [0.1, 0.15) is 0 Å². The summed E-state index contributed by atoms with van der Waals surface area (Å²) in [5, 5.41) is 21.2. The molecule has 3 N–H and O–H groups in total. The first kappa shape index (κ1) is 36.9. The minimum absolute atomic E-state index is 0.368. The molecule has 0 aromatic carbocycles. The molecule has 0 fully saturated rings. The summed E-state index contributed by atoms with van der Waals surface area (Å²) in [4.78, 5) is 0. The Hall–Kier alpha value is -0.120. The molecular formula is C34H71NO2. The van der Waals surface area contributed by atoms with Crippen LogP contribution in [0.5, 0.6) is 0 Å². The van der Waals surface area contributed by atoms with E-state index >= 15 is 0 Å². The van der Waals surface area contributed by atoms with Gasteiger partial charge in [-0.1, -0.05) is 167 Å². The number of hydrogen-bond acceptors (Lipinski definition) is 3. The third-order valence-corrected chi connectivity index (χ3v) is 8.02. The van der Waals surface area contributed by atoms with Crippen LogP contribution < -0.4 is 5.32 Å². The van der Waals surface area contributed by atoms with Gasteiger partial charge in [-0.3, -0.25) is 0 Å². The van der Waals surface area contributed by atoms with Crippen LogP contribution in [0.3, 0.4) is 0 Å². The van der Waals surface area contributed by atoms with Crippen LogP contribution in [0, 0.1) is 0 Å². The fourth-order valence-electron chi connectivity index (χ4n) is 5.44. The summed E-state index contributed by atoms with van der Waals surface area (Å²) >= 11 is 0. The molecule has 0 radical (unpaired) electrons. The van der Waals surface area contributed by atoms with Crippen molar-refractivity contribution in [2.45, 2.75) is 193 Å². The molecule has 0 saturated heterocycles. The number of aliphatic hydroxyl groups excluding tert-OH is 2. The number of unbranched alkanes of at least 4 members (excludes halogenated alkanes) is 28. The number of nitrogens with one attached hydrogen (secondary N) is 1. The minimum atomic E-state index is 0.368. The smallest absolute Gasteiger partial charge is 0.0431 e. The van der Waals surface area contributed by atoms with E-state index in [-0.39, 0.29) is 0 Å². The first-order chi connectivity index (χ1) is 18.4. The lowest BCUT2D eigenvalue weighted by Gasteiger charge is -2.06. The molecule has 0 aromatic rings. The number of hydrogen-bond donors (Lipinski definition) is 3. The summed E-state index contributed by atoms with van der Waals surface area (Å²) in [6.45, 7) is 3.19. The summed E-state index contributed by atoms with van der Waals surface area (Å²) in [6.07, 6.45) is 41.1. The van der Waals surface area contributed by atoms with Gasteiger partial charge in [-0.2, -0.15) is 0 Å². The molecule has 3 nitrogen and oxygen atoms in total. The van der Waals surface area contributed by atoms with Crippen LogP contribution in [0.4, 0.5) is 0 Å². The van der Waals surface area contributed by atoms with Gasteiger partial charge in [0.15, 0.2) is 0 Å². The van der Waals surface area contributed by atoms with Gasteiger partial charge in [0, 0.05) is 13.2 Å². The second-order valence-corrected chi connectivity index (χ2v) is 11.8. The first-order valence-corrected chi connectivity index (χ1v) is 17.3. The summed E-state index contributed by atoms with van der Waals surface area (Å²) in [6, 6.07) is 0. The lowest BCUT2D eigenvalue weighted by atomic mass is 10.0. The van der Waals surface area contributed by atoms with Crippen molar-refractivity contribution in [1.29, 1.82) is 0 Å². The Morgan fingerprint density at radius 1 is 0.216 bits per heavy atom. The highest BCUT2D eigenvalue weighted by Gasteiger charge is 1.97. The average molecular weight is 526 g/mol. The van der Waals surface area contributed by atoms with Gasteiger partial charge in [0.05, 0.1) is 0 Å². The Labute approximate surface area is 234 Å². The zero-order valence-electron chi connectivity index (χ0n) is 25.4. The zero-order valence-corrected chi connectivity index (χ0v) is 25.4. The quantitative estimate of drug-likeness (QED) is 0.0732. The van der Waals surface area contributed by atoms with E-state index in [4.69, 9.17) is 10.2 Å². The van der Waals surface area contributed by atoms with Crippen LogP contribution in [-0.2, 0) is 0 Å². The molecule has 0 heterocycles. The Kier molecular flexibility index (Phi) is 35.8. The topological polar surface area (TPSA) is 52.5 Å². The Balaban J connectivity index is 3.00. The van der Waals surface area contributed by atoms with E-state index in [1.54, 1.807) is 0 Å². The molecule has 0 atom stereocenters. The van der Waals surface area contributed by atoms with Gasteiger partial charge in [-0.15, -0.1) is 0 Å². The van der Waals surface area contributed by atoms with Crippen molar-refractivity contribution in [2.24, 2.45) is 0 Å². The molecular weight excluding hydrogens is 454 g/mol. The van der Waals surface area contributed by atoms with E-state index in [1.807, 2.05) is 0 Å². The highest BCUT2D eigenvalue weighted by molar-refractivity contribution is 4.54. The van der Waals surface area contributed by atoms with Crippen molar-refractivity contribution in [2.75, 3.05) is 26.3 Å². The summed E-state index contributed by atoms with van der Waals surface area (Å²) in [7, 11) is 0. The van der Waals surface area contributed by atoms with E-state index in [0.717, 1.165) is 12.8 Å². The maximum absolute atomic E-state index is 8.78. The second kappa shape index (κ2) is 35.9. The van der Waals surface area contributed by atoms with Crippen molar-refractivity contribution < 1.29 is 10.2 Å². The SMILES string of the molecule is OCCCCCCCCCCCCCCCCCNCCCCCCCCCCCCCCCCCO. The maximum Gasteiger partial charge on any atom is 0.0431 e. The zero-order chi connectivity index (χ0) is 26.7. The Morgan fingerprint density at radius 3 is 0.568 bits per heavy atom. The highest BCUT2D eigenvalue weighted by Crippen LogP contribution is 2.14. The van der Waals surface area contributed by atoms with Crippen molar-refractivity contribution in [3.05, 3.63) is 0 Å². The van der Waals surface area contributed by atoms with Gasteiger partial charge in [0.2, 0.25) is 0 Å². The van der Waals surface area contributed by atoms with Crippen LogP contribution in [-0.4, -0.2) is 36.5 Å². The molecule has 0 aliphatic rings. The lowest BCUT2D eigenvalue weighted by molar-refractivity contribution is 0.282. The molecule has 0 amide bonds. The van der Waals surface area contributed by atoms with E-state index in [9.17, 15) is 0 Å². The van der Waals surface area contributed by atoms with Gasteiger partial charge in [-0.05, 0) is 38.8 Å². The minimum Gasteiger partial charge on any atom is -0.396 e. The van der Waals surface area contributed by atoms with E-state index in [0.29, 0.717) is 13.2 Å². The highest BCUT2D eigenvalue weighted by atomic mass is 16.3. The van der Waals surface area contributed by atoms with E-state index in [2.05, 4.69) is 5.32 Å². The molecule has 0 rings (SSSR count). The van der Waals surface area contributed by atoms with Crippen molar-refractivity contribution >= 4 is 0 Å². The molecule has 224 valence electrons. The monoisotopic (exact) mass is 526 g/mol. The van der Waals surface area contributed by atoms with Crippen LogP contribution in [0.1, 0.15) is 193 Å². The molecule has 0 bridgehead atoms. The summed E-state index contributed by atoms with van der Waals surface area (Å²) in [5.41, 5.74) is 0. The van der Waals surface area contributed by atoms with E-state index < -0.39 is 0 Å². The first-order valence-electron chi connectivity index (χ1n) is 17.3. The normalized spacial score (nSPS) is 11.5. The Morgan fingerprint density at radius 2 is 0.378 bits per heavy atom. The largest absolute Gasteiger partial charge is 0.396 e. The maximum atomic E-state index is 8.78. The van der Waals surface area contributed by atoms with Gasteiger partial charge in [-0.25, -0.2) is 0 Å². The predicted octanol–water partition coefficient (Wildman–Crippen LogP) is 10.3. The molecule has 0 aromatic heterocycles. The fourth-order valence-corrected chi connectivity index (χ4v) is 5.44. The van der Waals surface area contributed by atoms with Crippen molar-refractivity contribution in [3.8, 4) is 0 Å². The molecule has 0 aliphatic heterocycles.